The summed E-state index contributed by atoms with van der Waals surface area (Å²) in [7, 11) is 1.54. The Kier molecular flexibility index (Phi) is 6.01. The highest BCUT2D eigenvalue weighted by Crippen LogP contribution is 2.29. The molecule has 0 atom stereocenters. The molecule has 0 aliphatic carbocycles. The minimum atomic E-state index is -2.81. The summed E-state index contributed by atoms with van der Waals surface area (Å²) in [4.78, 5) is 17.3. The lowest BCUT2D eigenvalue weighted by atomic mass is 10.1. The smallest absolute Gasteiger partial charge is 0.280 e. The third kappa shape index (κ3) is 4.31. The van der Waals surface area contributed by atoms with Crippen LogP contribution in [0.15, 0.2) is 63.7 Å². The molecule has 0 radical (unpaired) electrons. The van der Waals surface area contributed by atoms with Crippen LogP contribution in [0.25, 0.3) is 16.9 Å². The molecular weight excluding hydrogens is 538 g/mol. The SMILES string of the molecule is COc1ccc(-c2cc(C(F)F)n3ncc(C(=O)Nc4ccc(Br)cc4Br)c3n2)cc1. The van der Waals surface area contributed by atoms with Crippen molar-refractivity contribution in [3.63, 3.8) is 0 Å². The van der Waals surface area contributed by atoms with Crippen molar-refractivity contribution in [2.24, 2.45) is 0 Å². The summed E-state index contributed by atoms with van der Waals surface area (Å²) in [6.07, 6.45) is -1.58. The second kappa shape index (κ2) is 8.72. The molecule has 4 rings (SSSR count). The lowest BCUT2D eigenvalue weighted by Crippen LogP contribution is -2.13. The van der Waals surface area contributed by atoms with Gasteiger partial charge in [0.05, 0.1) is 24.7 Å². The number of methoxy groups -OCH3 is 1. The number of carbonyl (C=O) groups is 1. The number of fused-ring (bicyclic) bond motifs is 1. The molecule has 0 spiro atoms. The van der Waals surface area contributed by atoms with E-state index >= 15 is 0 Å². The number of ether oxygens (including phenoxy) is 1. The first kappa shape index (κ1) is 21.4. The van der Waals surface area contributed by atoms with Gasteiger partial charge in [0, 0.05) is 14.5 Å². The van der Waals surface area contributed by atoms with Gasteiger partial charge in [-0.1, -0.05) is 15.9 Å². The van der Waals surface area contributed by atoms with Crippen LogP contribution in [-0.2, 0) is 0 Å². The summed E-state index contributed by atoms with van der Waals surface area (Å²) in [5.74, 6) is 0.112. The van der Waals surface area contributed by atoms with Crippen molar-refractivity contribution in [2.45, 2.75) is 6.43 Å². The first-order valence-corrected chi connectivity index (χ1v) is 10.5. The molecule has 0 saturated heterocycles. The average Bonchev–Trinajstić information content (AvgIpc) is 3.19. The van der Waals surface area contributed by atoms with Gasteiger partial charge in [0.2, 0.25) is 0 Å². The monoisotopic (exact) mass is 550 g/mol. The van der Waals surface area contributed by atoms with E-state index in [0.29, 0.717) is 27.2 Å². The number of aromatic nitrogens is 3. The van der Waals surface area contributed by atoms with E-state index in [1.54, 1.807) is 42.5 Å². The van der Waals surface area contributed by atoms with Crippen LogP contribution in [-0.4, -0.2) is 27.6 Å². The minimum absolute atomic E-state index is 0.0364. The maximum Gasteiger partial charge on any atom is 0.280 e. The Morgan fingerprint density at radius 3 is 2.52 bits per heavy atom. The van der Waals surface area contributed by atoms with Crippen LogP contribution >= 0.6 is 31.9 Å². The third-order valence-corrected chi connectivity index (χ3v) is 5.68. The maximum absolute atomic E-state index is 13.7. The van der Waals surface area contributed by atoms with E-state index in [1.807, 2.05) is 0 Å². The normalized spacial score (nSPS) is 11.2. The molecule has 158 valence electrons. The first-order valence-electron chi connectivity index (χ1n) is 8.95. The quantitative estimate of drug-likeness (QED) is 0.324. The zero-order valence-electron chi connectivity index (χ0n) is 15.9. The van der Waals surface area contributed by atoms with Gasteiger partial charge in [0.15, 0.2) is 5.65 Å². The van der Waals surface area contributed by atoms with Crippen molar-refractivity contribution < 1.29 is 18.3 Å². The number of anilines is 1. The van der Waals surface area contributed by atoms with E-state index in [2.05, 4.69) is 47.3 Å². The summed E-state index contributed by atoms with van der Waals surface area (Å²) >= 11 is 6.73. The number of rotatable bonds is 5. The lowest BCUT2D eigenvalue weighted by molar-refractivity contribution is 0.102. The van der Waals surface area contributed by atoms with E-state index in [0.717, 1.165) is 8.99 Å². The molecule has 0 fully saturated rings. The van der Waals surface area contributed by atoms with Crippen LogP contribution in [0.3, 0.4) is 0 Å². The molecule has 0 unspecified atom stereocenters. The van der Waals surface area contributed by atoms with Gasteiger partial charge in [0.25, 0.3) is 12.3 Å². The zero-order valence-corrected chi connectivity index (χ0v) is 19.1. The number of alkyl halides is 2. The largest absolute Gasteiger partial charge is 0.497 e. The Balaban J connectivity index is 1.79. The third-order valence-electron chi connectivity index (χ3n) is 4.53. The Labute approximate surface area is 192 Å². The van der Waals surface area contributed by atoms with Gasteiger partial charge in [-0.2, -0.15) is 5.10 Å². The maximum atomic E-state index is 13.7. The van der Waals surface area contributed by atoms with E-state index < -0.39 is 12.3 Å². The number of carbonyl (C=O) groups excluding carboxylic acids is 1. The zero-order chi connectivity index (χ0) is 22.1. The first-order chi connectivity index (χ1) is 14.9. The molecule has 2 heterocycles. The van der Waals surface area contributed by atoms with Crippen LogP contribution in [0.4, 0.5) is 14.5 Å². The van der Waals surface area contributed by atoms with Crippen LogP contribution in [0.5, 0.6) is 5.75 Å². The van der Waals surface area contributed by atoms with Gasteiger partial charge in [-0.15, -0.1) is 0 Å². The number of nitrogens with zero attached hydrogens (tertiary/aromatic N) is 3. The number of halogens is 4. The van der Waals surface area contributed by atoms with E-state index in [1.165, 1.54) is 19.4 Å². The fraction of sp³-hybridized carbons (Fsp3) is 0.0952. The topological polar surface area (TPSA) is 68.5 Å². The second-order valence-corrected chi connectivity index (χ2v) is 8.24. The van der Waals surface area contributed by atoms with Crippen molar-refractivity contribution in [3.05, 3.63) is 74.9 Å². The predicted molar refractivity (Wildman–Crippen MR) is 120 cm³/mol. The summed E-state index contributed by atoms with van der Waals surface area (Å²) in [6, 6.07) is 13.4. The molecule has 0 saturated carbocycles. The minimum Gasteiger partial charge on any atom is -0.497 e. The summed E-state index contributed by atoms with van der Waals surface area (Å²) < 4.78 is 35.1. The summed E-state index contributed by atoms with van der Waals surface area (Å²) in [6.45, 7) is 0. The van der Waals surface area contributed by atoms with Gasteiger partial charge in [-0.05, 0) is 64.5 Å². The highest BCUT2D eigenvalue weighted by Gasteiger charge is 2.22. The van der Waals surface area contributed by atoms with Crippen molar-refractivity contribution in [1.82, 2.24) is 14.6 Å². The second-order valence-electron chi connectivity index (χ2n) is 6.47. The molecular formula is C21H14Br2F2N4O2. The van der Waals surface area contributed by atoms with Gasteiger partial charge >= 0.3 is 0 Å². The summed E-state index contributed by atoms with van der Waals surface area (Å²) in [5, 5.41) is 6.73. The molecule has 0 aliphatic rings. The highest BCUT2D eigenvalue weighted by atomic mass is 79.9. The Morgan fingerprint density at radius 1 is 1.13 bits per heavy atom. The summed E-state index contributed by atoms with van der Waals surface area (Å²) in [5.41, 5.74) is 1.17. The van der Waals surface area contributed by atoms with E-state index in [9.17, 15) is 13.6 Å². The van der Waals surface area contributed by atoms with E-state index in [-0.39, 0.29) is 16.9 Å². The molecule has 1 amide bonds. The van der Waals surface area contributed by atoms with Crippen LogP contribution in [0.2, 0.25) is 0 Å². The number of amides is 1. The van der Waals surface area contributed by atoms with Crippen molar-refractivity contribution in [1.29, 1.82) is 0 Å². The van der Waals surface area contributed by atoms with Crippen molar-refractivity contribution >= 4 is 49.1 Å². The molecule has 2 aromatic heterocycles. The highest BCUT2D eigenvalue weighted by molar-refractivity contribution is 9.11. The lowest BCUT2D eigenvalue weighted by Gasteiger charge is -2.10. The number of hydrogen-bond donors (Lipinski definition) is 1. The van der Waals surface area contributed by atoms with Gasteiger partial charge in [-0.25, -0.2) is 18.3 Å². The van der Waals surface area contributed by atoms with Crippen LogP contribution in [0.1, 0.15) is 22.5 Å². The average molecular weight is 552 g/mol. The van der Waals surface area contributed by atoms with Gasteiger partial charge in [-0.3, -0.25) is 4.79 Å². The molecule has 1 N–H and O–H groups in total. The molecule has 6 nitrogen and oxygen atoms in total. The number of nitrogens with one attached hydrogen (secondary N) is 1. The molecule has 2 aromatic carbocycles. The molecule has 0 bridgehead atoms. The van der Waals surface area contributed by atoms with Gasteiger partial charge in [0.1, 0.15) is 17.0 Å². The van der Waals surface area contributed by atoms with Crippen molar-refractivity contribution in [2.75, 3.05) is 12.4 Å². The van der Waals surface area contributed by atoms with Crippen LogP contribution in [0, 0.1) is 0 Å². The standard InChI is InChI=1S/C21H14Br2F2N4O2/c1-31-13-5-2-11(3-6-13)17-9-18(19(24)25)29-20(27-17)14(10-26-29)21(30)28-16-7-4-12(22)8-15(16)23/h2-10,19H,1H3,(H,28,30). The van der Waals surface area contributed by atoms with Gasteiger partial charge < -0.3 is 10.1 Å². The van der Waals surface area contributed by atoms with Crippen LogP contribution < -0.4 is 10.1 Å². The van der Waals surface area contributed by atoms with Crippen molar-refractivity contribution in [3.8, 4) is 17.0 Å². The fourth-order valence-electron chi connectivity index (χ4n) is 2.99. The molecule has 4 aromatic rings. The van der Waals surface area contributed by atoms with E-state index in [4.69, 9.17) is 4.74 Å². The number of benzene rings is 2. The Hall–Kier alpha value is -2.85. The molecule has 31 heavy (non-hydrogen) atoms. The number of hydrogen-bond acceptors (Lipinski definition) is 4. The predicted octanol–water partition coefficient (Wildman–Crippen LogP) is 6.12. The fourth-order valence-corrected chi connectivity index (χ4v) is 4.14. The Morgan fingerprint density at radius 2 is 1.87 bits per heavy atom. The molecule has 10 heteroatoms. The molecule has 0 aliphatic heterocycles. The Bertz CT molecular complexity index is 1280.